The third kappa shape index (κ3) is 1.84. The fourth-order valence-corrected chi connectivity index (χ4v) is 1.88. The molecule has 1 aromatic heterocycles. The highest BCUT2D eigenvalue weighted by atomic mass is 16.5. The van der Waals surface area contributed by atoms with E-state index in [0.29, 0.717) is 24.3 Å². The van der Waals surface area contributed by atoms with Gasteiger partial charge in [0.1, 0.15) is 5.75 Å². The molecule has 0 bridgehead atoms. The molecule has 1 N–H and O–H groups in total. The van der Waals surface area contributed by atoms with Gasteiger partial charge in [0.05, 0.1) is 23.2 Å². The average Bonchev–Trinajstić information content (AvgIpc) is 2.69. The van der Waals surface area contributed by atoms with E-state index < -0.39 is 6.09 Å². The van der Waals surface area contributed by atoms with Crippen LogP contribution in [0.5, 0.6) is 5.75 Å². The van der Waals surface area contributed by atoms with Crippen LogP contribution in [-0.4, -0.2) is 27.6 Å². The normalized spacial score (nSPS) is 10.7. The molecule has 5 heteroatoms. The fourth-order valence-electron chi connectivity index (χ4n) is 1.88. The van der Waals surface area contributed by atoms with Crippen molar-refractivity contribution in [2.45, 2.75) is 20.3 Å². The lowest BCUT2D eigenvalue weighted by Crippen LogP contribution is -2.09. The van der Waals surface area contributed by atoms with Crippen molar-refractivity contribution < 1.29 is 14.6 Å². The zero-order valence-corrected chi connectivity index (χ0v) is 9.80. The van der Waals surface area contributed by atoms with E-state index in [4.69, 9.17) is 9.84 Å². The summed E-state index contributed by atoms with van der Waals surface area (Å²) in [4.78, 5) is 11.1. The number of fused-ring (bicyclic) bond motifs is 1. The molecular formula is C12H14N2O3. The largest absolute Gasteiger partial charge is 0.493 e. The van der Waals surface area contributed by atoms with Gasteiger partial charge in [0.25, 0.3) is 0 Å². The first-order chi connectivity index (χ1) is 8.19. The van der Waals surface area contributed by atoms with E-state index in [1.54, 1.807) is 12.1 Å². The van der Waals surface area contributed by atoms with Gasteiger partial charge in [-0.2, -0.15) is 9.78 Å². The van der Waals surface area contributed by atoms with Gasteiger partial charge < -0.3 is 9.84 Å². The predicted octanol–water partition coefficient (Wildman–Crippen LogP) is 2.52. The summed E-state index contributed by atoms with van der Waals surface area (Å²) in [5, 5.41) is 14.0. The molecular weight excluding hydrogens is 220 g/mol. The van der Waals surface area contributed by atoms with E-state index in [1.807, 2.05) is 19.9 Å². The van der Waals surface area contributed by atoms with Crippen molar-refractivity contribution in [1.29, 1.82) is 0 Å². The Morgan fingerprint density at radius 1 is 1.47 bits per heavy atom. The number of carboxylic acid groups (broad SMARTS) is 1. The Balaban J connectivity index is 2.75. The summed E-state index contributed by atoms with van der Waals surface area (Å²) in [6.07, 6.45) is -0.413. The molecule has 5 nitrogen and oxygen atoms in total. The highest BCUT2D eigenvalue weighted by molar-refractivity contribution is 5.93. The first-order valence-corrected chi connectivity index (χ1v) is 5.55. The van der Waals surface area contributed by atoms with Crippen LogP contribution >= 0.6 is 0 Å². The summed E-state index contributed by atoms with van der Waals surface area (Å²) >= 11 is 0. The lowest BCUT2D eigenvalue weighted by atomic mass is 10.1. The molecule has 1 aromatic carbocycles. The van der Waals surface area contributed by atoms with E-state index >= 15 is 0 Å². The van der Waals surface area contributed by atoms with Gasteiger partial charge in [-0.1, -0.05) is 13.0 Å². The standard InChI is InChI=1S/C12H14N2O3/c1-3-8-11-9(14(13-8)12(15)16)6-5-7-10(11)17-4-2/h5-7H,3-4H2,1-2H3,(H,15,16). The van der Waals surface area contributed by atoms with E-state index in [0.717, 1.165) is 15.8 Å². The Morgan fingerprint density at radius 3 is 2.82 bits per heavy atom. The second kappa shape index (κ2) is 4.45. The molecule has 0 saturated carbocycles. The molecule has 2 rings (SSSR count). The summed E-state index contributed by atoms with van der Waals surface area (Å²) in [5.41, 5.74) is 1.31. The molecule has 0 aliphatic carbocycles. The van der Waals surface area contributed by atoms with Crippen LogP contribution < -0.4 is 4.74 Å². The average molecular weight is 234 g/mol. The van der Waals surface area contributed by atoms with Gasteiger partial charge in [0.15, 0.2) is 0 Å². The summed E-state index contributed by atoms with van der Waals surface area (Å²) in [7, 11) is 0. The molecule has 1 heterocycles. The van der Waals surface area contributed by atoms with Crippen LogP contribution in [0.3, 0.4) is 0 Å². The van der Waals surface area contributed by atoms with Gasteiger partial charge in [-0.15, -0.1) is 0 Å². The summed E-state index contributed by atoms with van der Waals surface area (Å²) < 4.78 is 6.51. The summed E-state index contributed by atoms with van der Waals surface area (Å²) in [6.45, 7) is 4.38. The number of aromatic nitrogens is 2. The molecule has 0 aliphatic rings. The predicted molar refractivity (Wildman–Crippen MR) is 63.7 cm³/mol. The van der Waals surface area contributed by atoms with Crippen molar-refractivity contribution >= 4 is 17.0 Å². The monoisotopic (exact) mass is 234 g/mol. The Hall–Kier alpha value is -2.04. The van der Waals surface area contributed by atoms with Gasteiger partial charge in [-0.3, -0.25) is 0 Å². The van der Waals surface area contributed by atoms with Crippen molar-refractivity contribution in [3.63, 3.8) is 0 Å². The molecule has 0 atom stereocenters. The van der Waals surface area contributed by atoms with Crippen LogP contribution in [0.2, 0.25) is 0 Å². The Kier molecular flexibility index (Phi) is 2.99. The van der Waals surface area contributed by atoms with Crippen LogP contribution in [0.4, 0.5) is 4.79 Å². The smallest absolute Gasteiger partial charge is 0.432 e. The molecule has 2 aromatic rings. The second-order valence-corrected chi connectivity index (χ2v) is 3.58. The van der Waals surface area contributed by atoms with Crippen molar-refractivity contribution in [3.8, 4) is 5.75 Å². The minimum absolute atomic E-state index is 0.542. The molecule has 0 radical (unpaired) electrons. The van der Waals surface area contributed by atoms with Gasteiger partial charge in [0, 0.05) is 0 Å². The Morgan fingerprint density at radius 2 is 2.24 bits per heavy atom. The minimum atomic E-state index is -1.08. The third-order valence-corrected chi connectivity index (χ3v) is 2.56. The van der Waals surface area contributed by atoms with E-state index in [1.165, 1.54) is 0 Å². The SMILES string of the molecule is CCOc1cccc2c1c(CC)nn2C(=O)O. The van der Waals surface area contributed by atoms with Crippen LogP contribution in [0, 0.1) is 0 Å². The quantitative estimate of drug-likeness (QED) is 0.886. The number of hydrogen-bond donors (Lipinski definition) is 1. The first-order valence-electron chi connectivity index (χ1n) is 5.55. The van der Waals surface area contributed by atoms with Crippen LogP contribution in [-0.2, 0) is 6.42 Å². The van der Waals surface area contributed by atoms with Crippen molar-refractivity contribution in [2.24, 2.45) is 0 Å². The Labute approximate surface area is 98.6 Å². The lowest BCUT2D eigenvalue weighted by molar-refractivity contribution is 0.194. The fraction of sp³-hybridized carbons (Fsp3) is 0.333. The molecule has 0 spiro atoms. The van der Waals surface area contributed by atoms with Gasteiger partial charge in [0.2, 0.25) is 0 Å². The molecule has 0 amide bonds. The molecule has 90 valence electrons. The number of rotatable bonds is 3. The number of hydrogen-bond acceptors (Lipinski definition) is 3. The maximum atomic E-state index is 11.1. The lowest BCUT2D eigenvalue weighted by Gasteiger charge is -2.04. The van der Waals surface area contributed by atoms with E-state index in [-0.39, 0.29) is 0 Å². The molecule has 0 fully saturated rings. The molecule has 0 saturated heterocycles. The minimum Gasteiger partial charge on any atom is -0.493 e. The Bertz CT molecular complexity index is 560. The second-order valence-electron chi connectivity index (χ2n) is 3.58. The zero-order valence-electron chi connectivity index (χ0n) is 9.80. The number of carbonyl (C=O) groups is 1. The van der Waals surface area contributed by atoms with Gasteiger partial charge in [-0.25, -0.2) is 4.79 Å². The van der Waals surface area contributed by atoms with E-state index in [2.05, 4.69) is 5.10 Å². The highest BCUT2D eigenvalue weighted by Crippen LogP contribution is 2.29. The highest BCUT2D eigenvalue weighted by Gasteiger charge is 2.16. The van der Waals surface area contributed by atoms with Crippen LogP contribution in [0.15, 0.2) is 18.2 Å². The number of ether oxygens (including phenoxy) is 1. The molecule has 17 heavy (non-hydrogen) atoms. The maximum Gasteiger partial charge on any atom is 0.432 e. The molecule has 0 unspecified atom stereocenters. The van der Waals surface area contributed by atoms with Crippen molar-refractivity contribution in [3.05, 3.63) is 23.9 Å². The number of aryl methyl sites for hydroxylation is 1. The number of benzene rings is 1. The number of nitrogens with zero attached hydrogens (tertiary/aromatic N) is 2. The molecule has 0 aliphatic heterocycles. The third-order valence-electron chi connectivity index (χ3n) is 2.56. The van der Waals surface area contributed by atoms with Crippen LogP contribution in [0.25, 0.3) is 10.9 Å². The van der Waals surface area contributed by atoms with Crippen LogP contribution in [0.1, 0.15) is 19.5 Å². The van der Waals surface area contributed by atoms with E-state index in [9.17, 15) is 4.79 Å². The zero-order chi connectivity index (χ0) is 12.4. The van der Waals surface area contributed by atoms with Gasteiger partial charge in [-0.05, 0) is 25.5 Å². The first kappa shape index (κ1) is 11.4. The summed E-state index contributed by atoms with van der Waals surface area (Å²) in [6, 6.07) is 5.34. The topological polar surface area (TPSA) is 64.4 Å². The van der Waals surface area contributed by atoms with Crippen molar-refractivity contribution in [2.75, 3.05) is 6.61 Å². The van der Waals surface area contributed by atoms with Gasteiger partial charge >= 0.3 is 6.09 Å². The van der Waals surface area contributed by atoms with Crippen molar-refractivity contribution in [1.82, 2.24) is 9.78 Å². The summed E-state index contributed by atoms with van der Waals surface area (Å²) in [5.74, 6) is 0.689. The maximum absolute atomic E-state index is 11.1.